The van der Waals surface area contributed by atoms with Crippen LogP contribution in [0.5, 0.6) is 5.75 Å². The van der Waals surface area contributed by atoms with Crippen LogP contribution in [0.25, 0.3) is 0 Å². The van der Waals surface area contributed by atoms with Gasteiger partial charge < -0.3 is 4.74 Å². The highest BCUT2D eigenvalue weighted by molar-refractivity contribution is 6.30. The number of aromatic amines is 1. The molecule has 100 valence electrons. The Morgan fingerprint density at radius 1 is 1.47 bits per heavy atom. The molecule has 0 spiro atoms. The van der Waals surface area contributed by atoms with Crippen LogP contribution in [0.2, 0.25) is 5.02 Å². The highest BCUT2D eigenvalue weighted by Gasteiger charge is 2.17. The summed E-state index contributed by atoms with van der Waals surface area (Å²) in [7, 11) is 0. The average Bonchev–Trinajstić information content (AvgIpc) is 2.80. The van der Waals surface area contributed by atoms with Crippen LogP contribution in [0.4, 0.5) is 8.78 Å². The Labute approximate surface area is 111 Å². The molecule has 0 saturated carbocycles. The van der Waals surface area contributed by atoms with Crippen LogP contribution in [0.15, 0.2) is 24.5 Å². The van der Waals surface area contributed by atoms with Gasteiger partial charge in [-0.2, -0.15) is 13.9 Å². The second-order valence-electron chi connectivity index (χ2n) is 3.53. The molecule has 1 N–H and O–H groups in total. The van der Waals surface area contributed by atoms with Gasteiger partial charge in [0.1, 0.15) is 12.1 Å². The molecule has 0 bridgehead atoms. The Morgan fingerprint density at radius 3 is 2.89 bits per heavy atom. The van der Waals surface area contributed by atoms with Crippen molar-refractivity contribution in [1.82, 2.24) is 15.2 Å². The molecule has 5 nitrogen and oxygen atoms in total. The number of benzene rings is 1. The first-order valence-corrected chi connectivity index (χ1v) is 5.56. The Hall–Kier alpha value is -2.02. The van der Waals surface area contributed by atoms with Crippen molar-refractivity contribution < 1.29 is 18.3 Å². The molecule has 19 heavy (non-hydrogen) atoms. The number of hydrogen-bond acceptors (Lipinski definition) is 4. The highest BCUT2D eigenvalue weighted by Crippen LogP contribution is 2.26. The van der Waals surface area contributed by atoms with E-state index in [0.29, 0.717) is 0 Å². The molecule has 0 unspecified atom stereocenters. The zero-order chi connectivity index (χ0) is 13.8. The minimum Gasteiger partial charge on any atom is -0.434 e. The number of carbonyl (C=O) groups excluding carboxylic acids is 1. The highest BCUT2D eigenvalue weighted by atomic mass is 35.5. The fourth-order valence-corrected chi connectivity index (χ4v) is 1.64. The fourth-order valence-electron chi connectivity index (χ4n) is 1.48. The van der Waals surface area contributed by atoms with E-state index in [9.17, 15) is 13.6 Å². The summed E-state index contributed by atoms with van der Waals surface area (Å²) in [6.45, 7) is -3.03. The predicted octanol–water partition coefficient (Wildman–Crippen LogP) is 2.48. The van der Waals surface area contributed by atoms with Gasteiger partial charge in [0.05, 0.1) is 12.0 Å². The average molecular weight is 288 g/mol. The molecular formula is C11H8ClF2N3O2. The van der Waals surface area contributed by atoms with Crippen LogP contribution >= 0.6 is 11.6 Å². The standard InChI is InChI=1S/C11H8ClF2N3O2/c12-6-1-2-7(9(3-6)19-11(13)14)8(18)4-10-15-5-16-17-10/h1-3,5,11H,4H2,(H,15,16,17). The second-order valence-corrected chi connectivity index (χ2v) is 3.97. The number of aromatic nitrogens is 3. The van der Waals surface area contributed by atoms with Crippen LogP contribution in [0.3, 0.4) is 0 Å². The first kappa shape index (κ1) is 13.4. The first-order valence-electron chi connectivity index (χ1n) is 5.18. The van der Waals surface area contributed by atoms with E-state index in [1.165, 1.54) is 24.5 Å². The zero-order valence-electron chi connectivity index (χ0n) is 9.44. The van der Waals surface area contributed by atoms with Crippen molar-refractivity contribution in [2.45, 2.75) is 13.0 Å². The van der Waals surface area contributed by atoms with Crippen LogP contribution in [-0.2, 0) is 6.42 Å². The maximum absolute atomic E-state index is 12.3. The van der Waals surface area contributed by atoms with Gasteiger partial charge in [-0.1, -0.05) is 11.6 Å². The number of H-pyrrole nitrogens is 1. The summed E-state index contributed by atoms with van der Waals surface area (Å²) in [6, 6.07) is 3.92. The van der Waals surface area contributed by atoms with Gasteiger partial charge in [0.2, 0.25) is 0 Å². The zero-order valence-corrected chi connectivity index (χ0v) is 10.2. The van der Waals surface area contributed by atoms with E-state index in [2.05, 4.69) is 19.9 Å². The number of alkyl halides is 2. The van der Waals surface area contributed by atoms with E-state index < -0.39 is 12.4 Å². The van der Waals surface area contributed by atoms with Crippen molar-refractivity contribution in [2.75, 3.05) is 0 Å². The van der Waals surface area contributed by atoms with E-state index >= 15 is 0 Å². The lowest BCUT2D eigenvalue weighted by molar-refractivity contribution is -0.0501. The minimum atomic E-state index is -3.03. The van der Waals surface area contributed by atoms with Crippen molar-refractivity contribution >= 4 is 17.4 Å². The van der Waals surface area contributed by atoms with Crippen molar-refractivity contribution in [1.29, 1.82) is 0 Å². The smallest absolute Gasteiger partial charge is 0.387 e. The molecule has 0 aliphatic heterocycles. The number of rotatable bonds is 5. The summed E-state index contributed by atoms with van der Waals surface area (Å²) in [4.78, 5) is 15.8. The third kappa shape index (κ3) is 3.47. The maximum Gasteiger partial charge on any atom is 0.387 e. The number of halogens is 3. The molecule has 0 atom stereocenters. The van der Waals surface area contributed by atoms with E-state index in [1.807, 2.05) is 0 Å². The normalized spacial score (nSPS) is 10.7. The summed E-state index contributed by atoms with van der Waals surface area (Å²) in [5, 5.41) is 6.37. The molecular weight excluding hydrogens is 280 g/mol. The molecule has 1 aromatic heterocycles. The molecule has 8 heteroatoms. The summed E-state index contributed by atoms with van der Waals surface area (Å²) in [5.41, 5.74) is 0.00880. The summed E-state index contributed by atoms with van der Waals surface area (Å²) in [5.74, 6) is -0.433. The van der Waals surface area contributed by atoms with Crippen LogP contribution < -0.4 is 4.74 Å². The lowest BCUT2D eigenvalue weighted by Crippen LogP contribution is -2.10. The molecule has 0 radical (unpaired) electrons. The Bertz CT molecular complexity index is 575. The summed E-state index contributed by atoms with van der Waals surface area (Å²) in [6.07, 6.45) is 1.20. The lowest BCUT2D eigenvalue weighted by Gasteiger charge is -2.09. The number of nitrogens with zero attached hydrogens (tertiary/aromatic N) is 2. The number of nitrogens with one attached hydrogen (secondary N) is 1. The van der Waals surface area contributed by atoms with Crippen LogP contribution in [-0.4, -0.2) is 27.6 Å². The predicted molar refractivity (Wildman–Crippen MR) is 62.5 cm³/mol. The van der Waals surface area contributed by atoms with Crippen LogP contribution in [0, 0.1) is 0 Å². The topological polar surface area (TPSA) is 67.9 Å². The third-order valence-corrected chi connectivity index (χ3v) is 2.48. The Balaban J connectivity index is 2.25. The van der Waals surface area contributed by atoms with Gasteiger partial charge in [-0.15, -0.1) is 0 Å². The van der Waals surface area contributed by atoms with Gasteiger partial charge in [0.25, 0.3) is 0 Å². The second kappa shape index (κ2) is 5.75. The van der Waals surface area contributed by atoms with Gasteiger partial charge in [-0.3, -0.25) is 9.89 Å². The van der Waals surface area contributed by atoms with E-state index in [1.54, 1.807) is 0 Å². The molecule has 1 heterocycles. The Kier molecular flexibility index (Phi) is 4.06. The van der Waals surface area contributed by atoms with E-state index in [0.717, 1.165) is 0 Å². The maximum atomic E-state index is 12.3. The van der Waals surface area contributed by atoms with E-state index in [-0.39, 0.29) is 28.6 Å². The van der Waals surface area contributed by atoms with Gasteiger partial charge in [0, 0.05) is 5.02 Å². The molecule has 0 saturated heterocycles. The number of ketones is 1. The molecule has 0 fully saturated rings. The van der Waals surface area contributed by atoms with Gasteiger partial charge in [-0.05, 0) is 18.2 Å². The molecule has 0 amide bonds. The largest absolute Gasteiger partial charge is 0.434 e. The van der Waals surface area contributed by atoms with Crippen molar-refractivity contribution in [3.63, 3.8) is 0 Å². The van der Waals surface area contributed by atoms with Crippen LogP contribution in [0.1, 0.15) is 16.2 Å². The lowest BCUT2D eigenvalue weighted by atomic mass is 10.1. The molecule has 2 rings (SSSR count). The SMILES string of the molecule is O=C(Cc1nc[nH]n1)c1ccc(Cl)cc1OC(F)F. The van der Waals surface area contributed by atoms with E-state index in [4.69, 9.17) is 11.6 Å². The number of hydrogen-bond donors (Lipinski definition) is 1. The van der Waals surface area contributed by atoms with Crippen molar-refractivity contribution in [3.05, 3.63) is 40.9 Å². The number of ether oxygens (including phenoxy) is 1. The molecule has 2 aromatic rings. The Morgan fingerprint density at radius 2 is 2.26 bits per heavy atom. The molecule has 0 aliphatic rings. The fraction of sp³-hybridized carbons (Fsp3) is 0.182. The minimum absolute atomic E-state index is 0.00880. The number of Topliss-reactive ketones (excluding diaryl/α,β-unsaturated/α-hetero) is 1. The van der Waals surface area contributed by atoms with Gasteiger partial charge in [-0.25, -0.2) is 4.98 Å². The van der Waals surface area contributed by atoms with Crippen molar-refractivity contribution in [2.24, 2.45) is 0 Å². The molecule has 1 aromatic carbocycles. The summed E-state index contributed by atoms with van der Waals surface area (Å²) < 4.78 is 28.8. The number of carbonyl (C=O) groups is 1. The van der Waals surface area contributed by atoms with Crippen molar-refractivity contribution in [3.8, 4) is 5.75 Å². The van der Waals surface area contributed by atoms with Gasteiger partial charge >= 0.3 is 6.61 Å². The molecule has 0 aliphatic carbocycles. The summed E-state index contributed by atoms with van der Waals surface area (Å²) >= 11 is 5.68. The third-order valence-electron chi connectivity index (χ3n) is 2.24. The first-order chi connectivity index (χ1) is 9.06. The quantitative estimate of drug-likeness (QED) is 0.858. The van der Waals surface area contributed by atoms with Gasteiger partial charge in [0.15, 0.2) is 11.6 Å². The monoisotopic (exact) mass is 287 g/mol.